The Morgan fingerprint density at radius 3 is 3.12 bits per heavy atom. The summed E-state index contributed by atoms with van der Waals surface area (Å²) in [4.78, 5) is 10.9. The fourth-order valence-electron chi connectivity index (χ4n) is 1.19. The molecule has 5 nitrogen and oxygen atoms in total. The first-order chi connectivity index (χ1) is 7.78. The van der Waals surface area contributed by atoms with E-state index in [9.17, 15) is 4.79 Å². The average molecular weight is 284 g/mol. The third kappa shape index (κ3) is 2.74. The number of amides is 1. The van der Waals surface area contributed by atoms with Crippen LogP contribution in [0.1, 0.15) is 0 Å². The van der Waals surface area contributed by atoms with Crippen molar-refractivity contribution in [3.63, 3.8) is 0 Å². The summed E-state index contributed by atoms with van der Waals surface area (Å²) >= 11 is 0.128. The van der Waals surface area contributed by atoms with Gasteiger partial charge in [-0.1, -0.05) is 0 Å². The van der Waals surface area contributed by atoms with Crippen molar-refractivity contribution < 1.29 is 9.53 Å². The molecule has 1 aliphatic rings. The summed E-state index contributed by atoms with van der Waals surface area (Å²) in [7, 11) is 1.62. The van der Waals surface area contributed by atoms with Gasteiger partial charge in [-0.2, -0.15) is 0 Å². The van der Waals surface area contributed by atoms with Crippen molar-refractivity contribution in [2.45, 2.75) is 5.32 Å². The van der Waals surface area contributed by atoms with E-state index in [1.54, 1.807) is 7.11 Å². The van der Waals surface area contributed by atoms with Gasteiger partial charge in [0.2, 0.25) is 0 Å². The Balaban J connectivity index is 2.01. The predicted molar refractivity (Wildman–Crippen MR) is 62.8 cm³/mol. The summed E-state index contributed by atoms with van der Waals surface area (Å²) < 4.78 is 5.83. The van der Waals surface area contributed by atoms with E-state index in [1.165, 1.54) is 0 Å². The number of ether oxygens (including phenoxy) is 1. The van der Waals surface area contributed by atoms with Crippen LogP contribution in [-0.4, -0.2) is 32.7 Å². The van der Waals surface area contributed by atoms with E-state index in [0.29, 0.717) is 5.32 Å². The second-order valence-electron chi connectivity index (χ2n) is 3.10. The number of hydrogen-bond donors (Lipinski definition) is 2. The first kappa shape index (κ1) is 11.0. The fourth-order valence-corrected chi connectivity index (χ4v) is 2.53. The van der Waals surface area contributed by atoms with Crippen molar-refractivity contribution in [2.24, 2.45) is 5.10 Å². The van der Waals surface area contributed by atoms with Gasteiger partial charge >= 0.3 is 99.1 Å². The molecule has 0 aromatic heterocycles. The molecule has 6 heteroatoms. The van der Waals surface area contributed by atoms with E-state index in [2.05, 4.69) is 15.8 Å². The van der Waals surface area contributed by atoms with Crippen molar-refractivity contribution >= 4 is 31.3 Å². The number of benzene rings is 1. The van der Waals surface area contributed by atoms with Gasteiger partial charge in [-0.15, -0.1) is 0 Å². The number of hydrazone groups is 1. The van der Waals surface area contributed by atoms with Crippen LogP contribution >= 0.6 is 0 Å². The molecule has 1 aromatic carbocycles. The van der Waals surface area contributed by atoms with Crippen molar-refractivity contribution in [1.82, 2.24) is 5.32 Å². The van der Waals surface area contributed by atoms with Crippen LogP contribution in [-0.2, 0) is 4.79 Å². The number of carbonyl (C=O) groups is 1. The number of rotatable bonds is 3. The van der Waals surface area contributed by atoms with Crippen LogP contribution in [0.5, 0.6) is 5.75 Å². The number of hydrogen-bond acceptors (Lipinski definition) is 4. The van der Waals surface area contributed by atoms with Crippen LogP contribution in [0.4, 0.5) is 5.69 Å². The Bertz CT molecular complexity index is 434. The minimum absolute atomic E-state index is 0.0474. The summed E-state index contributed by atoms with van der Waals surface area (Å²) in [5.74, 6) is 0.817. The number of methoxy groups -OCH3 is 1. The molecule has 1 fully saturated rings. The molecule has 84 valence electrons. The molecule has 1 aliphatic heterocycles. The topological polar surface area (TPSA) is 62.7 Å². The quantitative estimate of drug-likeness (QED) is 0.632. The van der Waals surface area contributed by atoms with Crippen LogP contribution in [0, 0.1) is 0 Å². The van der Waals surface area contributed by atoms with Crippen molar-refractivity contribution in [1.29, 1.82) is 0 Å². The molecule has 0 saturated carbocycles. The maximum absolute atomic E-state index is 10.9. The number of amidine groups is 1. The van der Waals surface area contributed by atoms with Crippen molar-refractivity contribution in [2.75, 3.05) is 12.5 Å². The molecule has 2 rings (SSSR count). The van der Waals surface area contributed by atoms with E-state index >= 15 is 0 Å². The van der Waals surface area contributed by atoms with Crippen LogP contribution in [0.2, 0.25) is 5.32 Å². The zero-order valence-corrected chi connectivity index (χ0v) is 10.4. The summed E-state index contributed by atoms with van der Waals surface area (Å²) in [6, 6.07) is 7.46. The van der Waals surface area contributed by atoms with Crippen LogP contribution in [0.25, 0.3) is 0 Å². The van der Waals surface area contributed by atoms with Crippen LogP contribution in [0.3, 0.4) is 0 Å². The fraction of sp³-hybridized carbons (Fsp3) is 0.200. The number of anilines is 1. The first-order valence-electron chi connectivity index (χ1n) is 4.68. The number of nitrogens with one attached hydrogen (secondary N) is 2. The molecule has 2 N–H and O–H groups in total. The van der Waals surface area contributed by atoms with Crippen LogP contribution in [0.15, 0.2) is 29.4 Å². The molecule has 1 amide bonds. The molecule has 0 aliphatic carbocycles. The van der Waals surface area contributed by atoms with Gasteiger partial charge in [0, 0.05) is 0 Å². The van der Waals surface area contributed by atoms with Gasteiger partial charge in [0.1, 0.15) is 0 Å². The second kappa shape index (κ2) is 5.01. The SMILES string of the molecule is COc1cccc(N/N=C2/NC(=O)C[Se]2)c1. The molecule has 1 heterocycles. The Labute approximate surface area is 99.4 Å². The molecule has 0 spiro atoms. The molecule has 1 aromatic rings. The second-order valence-corrected chi connectivity index (χ2v) is 5.12. The summed E-state index contributed by atoms with van der Waals surface area (Å²) in [6.45, 7) is 0. The Kier molecular flexibility index (Phi) is 3.43. The summed E-state index contributed by atoms with van der Waals surface area (Å²) in [6.07, 6.45) is 0. The summed E-state index contributed by atoms with van der Waals surface area (Å²) in [5, 5.41) is 7.40. The van der Waals surface area contributed by atoms with Gasteiger partial charge in [-0.05, 0) is 0 Å². The molecule has 16 heavy (non-hydrogen) atoms. The van der Waals surface area contributed by atoms with Gasteiger partial charge in [0.05, 0.1) is 0 Å². The van der Waals surface area contributed by atoms with Gasteiger partial charge in [0.25, 0.3) is 0 Å². The number of carbonyl (C=O) groups excluding carboxylic acids is 1. The zero-order chi connectivity index (χ0) is 11.4. The minimum atomic E-state index is 0.0474. The Hall–Kier alpha value is -1.52. The van der Waals surface area contributed by atoms with E-state index in [0.717, 1.165) is 16.2 Å². The molecule has 0 radical (unpaired) electrons. The van der Waals surface area contributed by atoms with E-state index < -0.39 is 0 Å². The molecule has 0 atom stereocenters. The van der Waals surface area contributed by atoms with Gasteiger partial charge in [-0.3, -0.25) is 0 Å². The average Bonchev–Trinajstić information content (AvgIpc) is 2.73. The third-order valence-corrected chi connectivity index (χ3v) is 3.77. The normalized spacial score (nSPS) is 17.3. The molecular weight excluding hydrogens is 273 g/mol. The zero-order valence-electron chi connectivity index (χ0n) is 8.69. The van der Waals surface area contributed by atoms with Crippen LogP contribution < -0.4 is 15.5 Å². The number of nitrogens with zero attached hydrogens (tertiary/aromatic N) is 1. The van der Waals surface area contributed by atoms with E-state index in [1.807, 2.05) is 24.3 Å². The standard InChI is InChI=1S/C10H11N3O2Se/c1-15-8-4-2-3-7(5-8)12-13-10-11-9(14)6-16-10/h2-5,12H,6H2,1H3,(H,11,13,14). The molecule has 0 unspecified atom stereocenters. The maximum atomic E-state index is 10.9. The Morgan fingerprint density at radius 1 is 1.56 bits per heavy atom. The Morgan fingerprint density at radius 2 is 2.44 bits per heavy atom. The third-order valence-electron chi connectivity index (χ3n) is 1.94. The monoisotopic (exact) mass is 285 g/mol. The summed E-state index contributed by atoms with van der Waals surface area (Å²) in [5.41, 5.74) is 3.73. The van der Waals surface area contributed by atoms with Gasteiger partial charge < -0.3 is 0 Å². The molecular formula is C10H11N3O2Se. The van der Waals surface area contributed by atoms with Crippen molar-refractivity contribution in [3.05, 3.63) is 24.3 Å². The predicted octanol–water partition coefficient (Wildman–Crippen LogP) is 0.630. The molecule has 0 bridgehead atoms. The van der Waals surface area contributed by atoms with Gasteiger partial charge in [0.15, 0.2) is 0 Å². The van der Waals surface area contributed by atoms with Crippen molar-refractivity contribution in [3.8, 4) is 5.75 Å². The van der Waals surface area contributed by atoms with Gasteiger partial charge in [-0.25, -0.2) is 0 Å². The molecule has 1 saturated heterocycles. The van der Waals surface area contributed by atoms with E-state index in [-0.39, 0.29) is 20.9 Å². The first-order valence-corrected chi connectivity index (χ1v) is 6.75. The van der Waals surface area contributed by atoms with E-state index in [4.69, 9.17) is 4.74 Å².